The molecule has 2 rings (SSSR count). The molecule has 104 valence electrons. The number of likely N-dealkylation sites (N-methyl/N-ethyl adjacent to an activating group) is 1. The van der Waals surface area contributed by atoms with Crippen molar-refractivity contribution < 1.29 is 9.66 Å². The van der Waals surface area contributed by atoms with Gasteiger partial charge in [-0.05, 0) is 18.7 Å². The fourth-order valence-corrected chi connectivity index (χ4v) is 2.12. The van der Waals surface area contributed by atoms with E-state index in [1.165, 1.54) is 12.1 Å². The summed E-state index contributed by atoms with van der Waals surface area (Å²) in [6.45, 7) is 6.58. The number of hydrogen-bond acceptors (Lipinski definition) is 5. The Morgan fingerprint density at radius 3 is 2.84 bits per heavy atom. The van der Waals surface area contributed by atoms with Gasteiger partial charge in [-0.25, -0.2) is 0 Å². The van der Waals surface area contributed by atoms with Crippen LogP contribution >= 0.6 is 0 Å². The highest BCUT2D eigenvalue weighted by atomic mass is 16.6. The average molecular weight is 265 g/mol. The number of nitro groups is 1. The first-order valence-electron chi connectivity index (χ1n) is 6.51. The van der Waals surface area contributed by atoms with E-state index in [2.05, 4.69) is 17.1 Å². The van der Waals surface area contributed by atoms with Gasteiger partial charge in [-0.15, -0.1) is 0 Å². The van der Waals surface area contributed by atoms with Crippen molar-refractivity contribution in [3.8, 4) is 0 Å². The van der Waals surface area contributed by atoms with E-state index in [9.17, 15) is 10.1 Å². The van der Waals surface area contributed by atoms with Gasteiger partial charge in [0.2, 0.25) is 0 Å². The van der Waals surface area contributed by atoms with Crippen LogP contribution in [-0.2, 0) is 4.74 Å². The number of benzene rings is 1. The van der Waals surface area contributed by atoms with E-state index in [0.717, 1.165) is 31.9 Å². The maximum atomic E-state index is 10.5. The van der Waals surface area contributed by atoms with Gasteiger partial charge in [0.25, 0.3) is 5.69 Å². The topological polar surface area (TPSA) is 67.6 Å². The van der Waals surface area contributed by atoms with Crippen LogP contribution in [0, 0.1) is 10.1 Å². The number of non-ortho nitro benzene ring substituents is 1. The summed E-state index contributed by atoms with van der Waals surface area (Å²) in [6, 6.07) is 6.45. The third kappa shape index (κ3) is 3.90. The molecule has 1 atom stereocenters. The summed E-state index contributed by atoms with van der Waals surface area (Å²) in [5, 5.41) is 13.8. The van der Waals surface area contributed by atoms with Crippen LogP contribution < -0.4 is 5.32 Å². The monoisotopic (exact) mass is 265 g/mol. The summed E-state index contributed by atoms with van der Waals surface area (Å²) in [5.41, 5.74) is 0.986. The molecule has 0 spiro atoms. The molecule has 0 bridgehead atoms. The Bertz CT molecular complexity index is 422. The lowest BCUT2D eigenvalue weighted by molar-refractivity contribution is -0.384. The average Bonchev–Trinajstić information content (AvgIpc) is 2.46. The Kier molecular flexibility index (Phi) is 4.70. The van der Waals surface area contributed by atoms with Crippen molar-refractivity contribution in [2.45, 2.75) is 13.0 Å². The van der Waals surface area contributed by atoms with E-state index in [1.54, 1.807) is 12.1 Å². The number of ether oxygens (including phenoxy) is 1. The zero-order valence-electron chi connectivity index (χ0n) is 11.0. The molecule has 19 heavy (non-hydrogen) atoms. The summed E-state index contributed by atoms with van der Waals surface area (Å²) < 4.78 is 5.68. The second kappa shape index (κ2) is 6.49. The number of morpholine rings is 1. The molecule has 1 aliphatic heterocycles. The molecule has 1 unspecified atom stereocenters. The van der Waals surface area contributed by atoms with Gasteiger partial charge in [-0.2, -0.15) is 0 Å². The van der Waals surface area contributed by atoms with Gasteiger partial charge in [0.05, 0.1) is 17.6 Å². The van der Waals surface area contributed by atoms with E-state index in [0.29, 0.717) is 6.54 Å². The lowest BCUT2D eigenvalue weighted by Crippen LogP contribution is -2.45. The number of nitrogens with zero attached hydrogens (tertiary/aromatic N) is 2. The van der Waals surface area contributed by atoms with Crippen LogP contribution in [0.4, 0.5) is 11.4 Å². The number of nitro benzene ring substituents is 1. The standard InChI is InChI=1S/C13H19N3O3/c1-2-15-7-8-19-13(10-15)9-14-11-3-5-12(6-4-11)16(17)18/h3-6,13-14H,2,7-10H2,1H3. The summed E-state index contributed by atoms with van der Waals surface area (Å²) >= 11 is 0. The molecule has 1 N–H and O–H groups in total. The SMILES string of the molecule is CCN1CCOC(CNc2ccc([N+](=O)[O-])cc2)C1. The fraction of sp³-hybridized carbons (Fsp3) is 0.538. The first kappa shape index (κ1) is 13.8. The third-order valence-corrected chi connectivity index (χ3v) is 3.28. The predicted molar refractivity (Wildman–Crippen MR) is 73.4 cm³/mol. The van der Waals surface area contributed by atoms with Crippen molar-refractivity contribution in [1.82, 2.24) is 4.90 Å². The van der Waals surface area contributed by atoms with Gasteiger partial charge < -0.3 is 10.1 Å². The van der Waals surface area contributed by atoms with Crippen LogP contribution in [0.3, 0.4) is 0 Å². The summed E-state index contributed by atoms with van der Waals surface area (Å²) in [4.78, 5) is 12.5. The van der Waals surface area contributed by atoms with Crippen LogP contribution in [-0.4, -0.2) is 48.7 Å². The maximum Gasteiger partial charge on any atom is 0.269 e. The van der Waals surface area contributed by atoms with Crippen molar-refractivity contribution >= 4 is 11.4 Å². The van der Waals surface area contributed by atoms with Crippen LogP contribution in [0.1, 0.15) is 6.92 Å². The van der Waals surface area contributed by atoms with Gasteiger partial charge in [0, 0.05) is 37.5 Å². The van der Waals surface area contributed by atoms with Gasteiger partial charge in [-0.3, -0.25) is 15.0 Å². The molecule has 1 fully saturated rings. The van der Waals surface area contributed by atoms with Gasteiger partial charge in [0.15, 0.2) is 0 Å². The summed E-state index contributed by atoms with van der Waals surface area (Å²) in [6.07, 6.45) is 0.170. The molecule has 1 saturated heterocycles. The number of nitrogens with one attached hydrogen (secondary N) is 1. The lowest BCUT2D eigenvalue weighted by atomic mass is 10.2. The quantitative estimate of drug-likeness (QED) is 0.648. The molecule has 1 aromatic rings. The molecule has 0 radical (unpaired) electrons. The van der Waals surface area contributed by atoms with Gasteiger partial charge in [-0.1, -0.05) is 6.92 Å². The normalized spacial score (nSPS) is 20.2. The molecule has 0 saturated carbocycles. The summed E-state index contributed by atoms with van der Waals surface area (Å²) in [5.74, 6) is 0. The predicted octanol–water partition coefficient (Wildman–Crippen LogP) is 1.73. The number of anilines is 1. The highest BCUT2D eigenvalue weighted by Crippen LogP contribution is 2.15. The van der Waals surface area contributed by atoms with E-state index < -0.39 is 4.92 Å². The lowest BCUT2D eigenvalue weighted by Gasteiger charge is -2.32. The highest BCUT2D eigenvalue weighted by molar-refractivity contribution is 5.48. The molecule has 1 heterocycles. The Morgan fingerprint density at radius 1 is 1.47 bits per heavy atom. The smallest absolute Gasteiger partial charge is 0.269 e. The molecule has 1 aliphatic rings. The second-order valence-corrected chi connectivity index (χ2v) is 4.57. The van der Waals surface area contributed by atoms with E-state index in [1.807, 2.05) is 0 Å². The van der Waals surface area contributed by atoms with Crippen molar-refractivity contribution in [3.05, 3.63) is 34.4 Å². The van der Waals surface area contributed by atoms with Crippen LogP contribution in [0.25, 0.3) is 0 Å². The zero-order valence-corrected chi connectivity index (χ0v) is 11.0. The molecule has 1 aromatic carbocycles. The van der Waals surface area contributed by atoms with E-state index in [4.69, 9.17) is 4.74 Å². The fourth-order valence-electron chi connectivity index (χ4n) is 2.12. The van der Waals surface area contributed by atoms with E-state index in [-0.39, 0.29) is 11.8 Å². The maximum absolute atomic E-state index is 10.5. The zero-order chi connectivity index (χ0) is 13.7. The third-order valence-electron chi connectivity index (χ3n) is 3.28. The minimum absolute atomic E-state index is 0.108. The van der Waals surface area contributed by atoms with Crippen molar-refractivity contribution in [3.63, 3.8) is 0 Å². The molecule has 0 amide bonds. The number of rotatable bonds is 5. The molecule has 0 aromatic heterocycles. The molecular formula is C13H19N3O3. The largest absolute Gasteiger partial charge is 0.382 e. The van der Waals surface area contributed by atoms with Crippen molar-refractivity contribution in [1.29, 1.82) is 0 Å². The van der Waals surface area contributed by atoms with Crippen molar-refractivity contribution in [2.24, 2.45) is 0 Å². The van der Waals surface area contributed by atoms with Crippen LogP contribution in [0.5, 0.6) is 0 Å². The van der Waals surface area contributed by atoms with E-state index >= 15 is 0 Å². The van der Waals surface area contributed by atoms with Crippen LogP contribution in [0.2, 0.25) is 0 Å². The minimum Gasteiger partial charge on any atom is -0.382 e. The van der Waals surface area contributed by atoms with Crippen molar-refractivity contribution in [2.75, 3.05) is 38.1 Å². The Labute approximate surface area is 112 Å². The van der Waals surface area contributed by atoms with Gasteiger partial charge in [0.1, 0.15) is 0 Å². The number of hydrogen-bond donors (Lipinski definition) is 1. The Balaban J connectivity index is 1.83. The minimum atomic E-state index is -0.396. The van der Waals surface area contributed by atoms with Crippen LogP contribution in [0.15, 0.2) is 24.3 Å². The highest BCUT2D eigenvalue weighted by Gasteiger charge is 2.18. The second-order valence-electron chi connectivity index (χ2n) is 4.57. The molecule has 6 nitrogen and oxygen atoms in total. The molecule has 0 aliphatic carbocycles. The van der Waals surface area contributed by atoms with Gasteiger partial charge >= 0.3 is 0 Å². The first-order chi connectivity index (χ1) is 9.19. The Hall–Kier alpha value is -1.66. The Morgan fingerprint density at radius 2 is 2.21 bits per heavy atom. The molecular weight excluding hydrogens is 246 g/mol. The first-order valence-corrected chi connectivity index (χ1v) is 6.51. The molecule has 6 heteroatoms. The summed E-state index contributed by atoms with van der Waals surface area (Å²) in [7, 11) is 0.